The molecule has 1 fully saturated rings. The fourth-order valence-corrected chi connectivity index (χ4v) is 3.07. The van der Waals surface area contributed by atoms with Crippen LogP contribution >= 0.6 is 15.9 Å². The second kappa shape index (κ2) is 6.53. The minimum atomic E-state index is 0.147. The van der Waals surface area contributed by atoms with E-state index in [0.29, 0.717) is 0 Å². The summed E-state index contributed by atoms with van der Waals surface area (Å²) in [5.74, 6) is 0.147. The summed E-state index contributed by atoms with van der Waals surface area (Å²) in [4.78, 5) is 16.9. The Morgan fingerprint density at radius 1 is 0.955 bits per heavy atom. The Balaban J connectivity index is 1.65. The Morgan fingerprint density at radius 2 is 1.59 bits per heavy atom. The third kappa shape index (κ3) is 3.17. The number of nitrogens with zero attached hydrogens (tertiary/aromatic N) is 2. The zero-order valence-electron chi connectivity index (χ0n) is 12.6. The summed E-state index contributed by atoms with van der Waals surface area (Å²) in [6.07, 6.45) is 0. The number of amides is 1. The maximum Gasteiger partial charge on any atom is 0.254 e. The maximum atomic E-state index is 12.6. The van der Waals surface area contributed by atoms with Gasteiger partial charge in [0.15, 0.2) is 0 Å². The van der Waals surface area contributed by atoms with E-state index in [9.17, 15) is 4.79 Å². The third-order valence-corrected chi connectivity index (χ3v) is 4.66. The molecule has 1 amide bonds. The lowest BCUT2D eigenvalue weighted by Gasteiger charge is -2.36. The van der Waals surface area contributed by atoms with E-state index in [-0.39, 0.29) is 5.91 Å². The molecule has 0 bridgehead atoms. The molecule has 3 nitrogen and oxygen atoms in total. The van der Waals surface area contributed by atoms with Crippen molar-refractivity contribution >= 4 is 27.5 Å². The molecular formula is C18H19BrN2O. The first-order valence-corrected chi connectivity index (χ1v) is 8.30. The van der Waals surface area contributed by atoms with Crippen LogP contribution in [0.1, 0.15) is 15.9 Å². The minimum Gasteiger partial charge on any atom is -0.368 e. The molecule has 2 aromatic rings. The largest absolute Gasteiger partial charge is 0.368 e. The summed E-state index contributed by atoms with van der Waals surface area (Å²) in [7, 11) is 0. The first-order chi connectivity index (χ1) is 10.6. The lowest BCUT2D eigenvalue weighted by Crippen LogP contribution is -2.48. The number of hydrogen-bond donors (Lipinski definition) is 0. The number of aryl methyl sites for hydroxylation is 1. The van der Waals surface area contributed by atoms with Gasteiger partial charge in [-0.15, -0.1) is 0 Å². The second-order valence-electron chi connectivity index (χ2n) is 5.57. The molecule has 0 N–H and O–H groups in total. The van der Waals surface area contributed by atoms with E-state index in [0.717, 1.165) is 41.8 Å². The van der Waals surface area contributed by atoms with Crippen molar-refractivity contribution in [1.82, 2.24) is 4.90 Å². The van der Waals surface area contributed by atoms with E-state index in [1.165, 1.54) is 5.69 Å². The molecule has 114 valence electrons. The van der Waals surface area contributed by atoms with Gasteiger partial charge in [-0.1, -0.05) is 34.1 Å². The highest BCUT2D eigenvalue weighted by atomic mass is 79.9. The van der Waals surface area contributed by atoms with Gasteiger partial charge in [0.1, 0.15) is 0 Å². The first kappa shape index (κ1) is 15.1. The highest BCUT2D eigenvalue weighted by molar-refractivity contribution is 9.10. The van der Waals surface area contributed by atoms with Gasteiger partial charge in [-0.05, 0) is 42.8 Å². The van der Waals surface area contributed by atoms with Gasteiger partial charge >= 0.3 is 0 Å². The third-order valence-electron chi connectivity index (χ3n) is 4.13. The smallest absolute Gasteiger partial charge is 0.254 e. The summed E-state index contributed by atoms with van der Waals surface area (Å²) in [6, 6.07) is 16.1. The average molecular weight is 359 g/mol. The van der Waals surface area contributed by atoms with Crippen LogP contribution in [0, 0.1) is 6.92 Å². The second-order valence-corrected chi connectivity index (χ2v) is 6.49. The molecule has 4 heteroatoms. The summed E-state index contributed by atoms with van der Waals surface area (Å²) < 4.78 is 1.09. The normalized spacial score (nSPS) is 15.0. The molecule has 1 aliphatic rings. The van der Waals surface area contributed by atoms with E-state index < -0.39 is 0 Å². The fraction of sp³-hybridized carbons (Fsp3) is 0.278. The standard InChI is InChI=1S/C18H19BrN2O/c1-14-4-2-3-5-17(14)18(22)21-12-10-20(11-13-21)16-8-6-15(19)7-9-16/h2-9H,10-13H2,1H3. The van der Waals surface area contributed by atoms with E-state index >= 15 is 0 Å². The quantitative estimate of drug-likeness (QED) is 0.816. The van der Waals surface area contributed by atoms with Crippen LogP contribution in [0.5, 0.6) is 0 Å². The van der Waals surface area contributed by atoms with Gasteiger partial charge in [-0.25, -0.2) is 0 Å². The molecular weight excluding hydrogens is 340 g/mol. The highest BCUT2D eigenvalue weighted by Crippen LogP contribution is 2.20. The SMILES string of the molecule is Cc1ccccc1C(=O)N1CCN(c2ccc(Br)cc2)CC1. The van der Waals surface area contributed by atoms with Gasteiger partial charge in [0.2, 0.25) is 0 Å². The van der Waals surface area contributed by atoms with Gasteiger partial charge in [0.25, 0.3) is 5.91 Å². The Kier molecular flexibility index (Phi) is 4.48. The molecule has 0 unspecified atom stereocenters. The van der Waals surface area contributed by atoms with Crippen molar-refractivity contribution in [3.05, 3.63) is 64.1 Å². The van der Waals surface area contributed by atoms with Gasteiger partial charge in [-0.3, -0.25) is 4.79 Å². The Bertz CT molecular complexity index is 661. The monoisotopic (exact) mass is 358 g/mol. The van der Waals surface area contributed by atoms with Gasteiger partial charge in [0, 0.05) is 41.9 Å². The van der Waals surface area contributed by atoms with Crippen LogP contribution in [0.3, 0.4) is 0 Å². The summed E-state index contributed by atoms with van der Waals surface area (Å²) in [6.45, 7) is 5.27. The lowest BCUT2D eigenvalue weighted by atomic mass is 10.1. The summed E-state index contributed by atoms with van der Waals surface area (Å²) >= 11 is 3.46. The predicted molar refractivity (Wildman–Crippen MR) is 93.4 cm³/mol. The van der Waals surface area contributed by atoms with E-state index in [1.807, 2.05) is 36.1 Å². The predicted octanol–water partition coefficient (Wildman–Crippen LogP) is 3.72. The van der Waals surface area contributed by atoms with Crippen LogP contribution in [0.15, 0.2) is 53.0 Å². The topological polar surface area (TPSA) is 23.6 Å². The fourth-order valence-electron chi connectivity index (χ4n) is 2.80. The van der Waals surface area contributed by atoms with Crippen LogP contribution < -0.4 is 4.90 Å². The van der Waals surface area contributed by atoms with Crippen molar-refractivity contribution in [3.63, 3.8) is 0 Å². The molecule has 2 aromatic carbocycles. The van der Waals surface area contributed by atoms with Gasteiger partial charge in [-0.2, -0.15) is 0 Å². The average Bonchev–Trinajstić information content (AvgIpc) is 2.56. The van der Waals surface area contributed by atoms with Crippen LogP contribution in [-0.4, -0.2) is 37.0 Å². The van der Waals surface area contributed by atoms with Crippen LogP contribution in [0.2, 0.25) is 0 Å². The molecule has 0 aromatic heterocycles. The number of rotatable bonds is 2. The number of carbonyl (C=O) groups excluding carboxylic acids is 1. The molecule has 1 aliphatic heterocycles. The minimum absolute atomic E-state index is 0.147. The van der Waals surface area contributed by atoms with E-state index in [2.05, 4.69) is 45.1 Å². The van der Waals surface area contributed by atoms with E-state index in [4.69, 9.17) is 0 Å². The number of anilines is 1. The number of halogens is 1. The van der Waals surface area contributed by atoms with Crippen molar-refractivity contribution < 1.29 is 4.79 Å². The zero-order chi connectivity index (χ0) is 15.5. The van der Waals surface area contributed by atoms with Crippen molar-refractivity contribution in [2.45, 2.75) is 6.92 Å². The Hall–Kier alpha value is -1.81. The van der Waals surface area contributed by atoms with Gasteiger partial charge in [0.05, 0.1) is 0 Å². The number of hydrogen-bond acceptors (Lipinski definition) is 2. The molecule has 1 saturated heterocycles. The Morgan fingerprint density at radius 3 is 2.23 bits per heavy atom. The first-order valence-electron chi connectivity index (χ1n) is 7.50. The van der Waals surface area contributed by atoms with Crippen LogP contribution in [0.25, 0.3) is 0 Å². The molecule has 22 heavy (non-hydrogen) atoms. The molecule has 0 atom stereocenters. The highest BCUT2D eigenvalue weighted by Gasteiger charge is 2.23. The molecule has 1 heterocycles. The number of benzene rings is 2. The summed E-state index contributed by atoms with van der Waals surface area (Å²) in [5.41, 5.74) is 3.08. The van der Waals surface area contributed by atoms with Crippen molar-refractivity contribution in [2.24, 2.45) is 0 Å². The van der Waals surface area contributed by atoms with Crippen molar-refractivity contribution in [2.75, 3.05) is 31.1 Å². The Labute approximate surface area is 139 Å². The lowest BCUT2D eigenvalue weighted by molar-refractivity contribution is 0.0746. The van der Waals surface area contributed by atoms with Gasteiger partial charge < -0.3 is 9.80 Å². The number of carbonyl (C=O) groups is 1. The van der Waals surface area contributed by atoms with Crippen molar-refractivity contribution in [3.8, 4) is 0 Å². The molecule has 3 rings (SSSR count). The number of piperazine rings is 1. The maximum absolute atomic E-state index is 12.6. The summed E-state index contributed by atoms with van der Waals surface area (Å²) in [5, 5.41) is 0. The molecule has 0 saturated carbocycles. The molecule has 0 spiro atoms. The molecule has 0 aliphatic carbocycles. The zero-order valence-corrected chi connectivity index (χ0v) is 14.2. The van der Waals surface area contributed by atoms with Crippen LogP contribution in [0.4, 0.5) is 5.69 Å². The van der Waals surface area contributed by atoms with Crippen molar-refractivity contribution in [1.29, 1.82) is 0 Å². The molecule has 0 radical (unpaired) electrons. The van der Waals surface area contributed by atoms with Crippen LogP contribution in [-0.2, 0) is 0 Å². The van der Waals surface area contributed by atoms with E-state index in [1.54, 1.807) is 0 Å².